The van der Waals surface area contributed by atoms with Crippen molar-refractivity contribution in [1.29, 1.82) is 0 Å². The van der Waals surface area contributed by atoms with Gasteiger partial charge in [-0.2, -0.15) is 0 Å². The highest BCUT2D eigenvalue weighted by atomic mass is 15.1. The summed E-state index contributed by atoms with van der Waals surface area (Å²) < 4.78 is 0. The fraction of sp³-hybridized carbons (Fsp3) is 0.385. The van der Waals surface area contributed by atoms with Gasteiger partial charge in [0.05, 0.1) is 0 Å². The third-order valence-electron chi connectivity index (χ3n) is 2.39. The molecule has 1 nitrogen and oxygen atoms in total. The van der Waals surface area contributed by atoms with Crippen LogP contribution in [0.25, 0.3) is 6.08 Å². The minimum atomic E-state index is 1.06. The van der Waals surface area contributed by atoms with Crippen molar-refractivity contribution in [3.05, 3.63) is 35.9 Å². The second kappa shape index (κ2) is 5.48. The van der Waals surface area contributed by atoms with Crippen LogP contribution in [0.2, 0.25) is 0 Å². The van der Waals surface area contributed by atoms with Gasteiger partial charge in [-0.05, 0) is 32.4 Å². The summed E-state index contributed by atoms with van der Waals surface area (Å²) in [6, 6.07) is 8.53. The fourth-order valence-electron chi connectivity index (χ4n) is 1.66. The van der Waals surface area contributed by atoms with Gasteiger partial charge >= 0.3 is 0 Å². The molecule has 0 N–H and O–H groups in total. The van der Waals surface area contributed by atoms with Gasteiger partial charge in [-0.1, -0.05) is 30.4 Å². The highest BCUT2D eigenvalue weighted by Gasteiger charge is 2.04. The zero-order chi connectivity index (χ0) is 10.4. The normalized spacial score (nSPS) is 10.8. The Morgan fingerprint density at radius 3 is 2.36 bits per heavy atom. The van der Waals surface area contributed by atoms with E-state index in [1.807, 2.05) is 0 Å². The second-order valence-electron chi connectivity index (χ2n) is 3.23. The zero-order valence-electron chi connectivity index (χ0n) is 9.33. The molecule has 14 heavy (non-hydrogen) atoms. The van der Waals surface area contributed by atoms with E-state index < -0.39 is 0 Å². The van der Waals surface area contributed by atoms with Crippen molar-refractivity contribution in [2.24, 2.45) is 0 Å². The van der Waals surface area contributed by atoms with Crippen LogP contribution in [0, 0.1) is 0 Å². The molecule has 0 spiro atoms. The molecule has 0 bridgehead atoms. The first-order valence-corrected chi connectivity index (χ1v) is 5.30. The van der Waals surface area contributed by atoms with Gasteiger partial charge in [-0.3, -0.25) is 0 Å². The van der Waals surface area contributed by atoms with Crippen LogP contribution in [0.15, 0.2) is 30.3 Å². The Morgan fingerprint density at radius 1 is 1.14 bits per heavy atom. The van der Waals surface area contributed by atoms with Crippen molar-refractivity contribution in [2.75, 3.05) is 18.0 Å². The molecule has 0 fully saturated rings. The molecule has 0 heterocycles. The lowest BCUT2D eigenvalue weighted by atomic mass is 10.1. The minimum absolute atomic E-state index is 1.06. The first-order chi connectivity index (χ1) is 6.83. The minimum Gasteiger partial charge on any atom is -0.372 e. The van der Waals surface area contributed by atoms with E-state index in [1.54, 1.807) is 0 Å². The number of benzene rings is 1. The van der Waals surface area contributed by atoms with Crippen molar-refractivity contribution in [3.63, 3.8) is 0 Å². The molecule has 0 aliphatic rings. The lowest BCUT2D eigenvalue weighted by molar-refractivity contribution is 0.865. The maximum absolute atomic E-state index is 2.37. The Kier molecular flexibility index (Phi) is 4.24. The van der Waals surface area contributed by atoms with Crippen LogP contribution in [0.3, 0.4) is 0 Å². The number of anilines is 1. The Bertz CT molecular complexity index is 298. The van der Waals surface area contributed by atoms with E-state index >= 15 is 0 Å². The predicted octanol–water partition coefficient (Wildman–Crippen LogP) is 3.57. The van der Waals surface area contributed by atoms with Crippen molar-refractivity contribution in [1.82, 2.24) is 0 Å². The molecule has 76 valence electrons. The molecule has 1 rings (SSSR count). The van der Waals surface area contributed by atoms with Crippen LogP contribution in [-0.4, -0.2) is 13.1 Å². The Hall–Kier alpha value is -1.24. The summed E-state index contributed by atoms with van der Waals surface area (Å²) in [5, 5.41) is 0. The van der Waals surface area contributed by atoms with Gasteiger partial charge in [-0.15, -0.1) is 0 Å². The Labute approximate surface area is 87.1 Å². The van der Waals surface area contributed by atoms with Crippen molar-refractivity contribution >= 4 is 11.8 Å². The van der Waals surface area contributed by atoms with Crippen LogP contribution in [0.5, 0.6) is 0 Å². The highest BCUT2D eigenvalue weighted by molar-refractivity contribution is 5.67. The Morgan fingerprint density at radius 2 is 1.79 bits per heavy atom. The summed E-state index contributed by atoms with van der Waals surface area (Å²) in [7, 11) is 0. The molecular formula is C13H19N. The van der Waals surface area contributed by atoms with Gasteiger partial charge in [0, 0.05) is 18.8 Å². The summed E-state index contributed by atoms with van der Waals surface area (Å²) in [5.41, 5.74) is 2.63. The first kappa shape index (κ1) is 10.8. The quantitative estimate of drug-likeness (QED) is 0.700. The van der Waals surface area contributed by atoms with Gasteiger partial charge < -0.3 is 4.90 Å². The van der Waals surface area contributed by atoms with Gasteiger partial charge in [0.15, 0.2) is 0 Å². The summed E-state index contributed by atoms with van der Waals surface area (Å²) in [6.07, 6.45) is 4.25. The number of rotatable bonds is 4. The molecule has 0 aromatic heterocycles. The smallest absolute Gasteiger partial charge is 0.0439 e. The average molecular weight is 189 g/mol. The largest absolute Gasteiger partial charge is 0.372 e. The molecule has 0 amide bonds. The average Bonchev–Trinajstić information content (AvgIpc) is 2.23. The van der Waals surface area contributed by atoms with Crippen molar-refractivity contribution in [3.8, 4) is 0 Å². The molecule has 1 heteroatoms. The van der Waals surface area contributed by atoms with E-state index in [2.05, 4.69) is 62.1 Å². The van der Waals surface area contributed by atoms with Crippen LogP contribution < -0.4 is 4.90 Å². The Balaban J connectivity index is 3.04. The second-order valence-corrected chi connectivity index (χ2v) is 3.23. The van der Waals surface area contributed by atoms with Crippen molar-refractivity contribution in [2.45, 2.75) is 20.8 Å². The van der Waals surface area contributed by atoms with E-state index in [1.165, 1.54) is 11.3 Å². The number of hydrogen-bond acceptors (Lipinski definition) is 1. The van der Waals surface area contributed by atoms with Gasteiger partial charge in [0.2, 0.25) is 0 Å². The molecule has 0 saturated carbocycles. The molecule has 0 unspecified atom stereocenters. The number of hydrogen-bond donors (Lipinski definition) is 0. The highest BCUT2D eigenvalue weighted by Crippen LogP contribution is 2.21. The lowest BCUT2D eigenvalue weighted by Crippen LogP contribution is -2.22. The summed E-state index contributed by atoms with van der Waals surface area (Å²) in [6.45, 7) is 8.56. The monoisotopic (exact) mass is 189 g/mol. The molecule has 0 aliphatic carbocycles. The molecule has 0 aliphatic heterocycles. The lowest BCUT2D eigenvalue weighted by Gasteiger charge is -2.23. The molecule has 0 saturated heterocycles. The maximum Gasteiger partial charge on any atom is 0.0439 e. The molecule has 0 atom stereocenters. The zero-order valence-corrected chi connectivity index (χ0v) is 9.33. The van der Waals surface area contributed by atoms with Gasteiger partial charge in [-0.25, -0.2) is 0 Å². The van der Waals surface area contributed by atoms with Gasteiger partial charge in [0.25, 0.3) is 0 Å². The molecular weight excluding hydrogens is 170 g/mol. The molecule has 0 radical (unpaired) electrons. The number of nitrogens with zero attached hydrogens (tertiary/aromatic N) is 1. The third-order valence-corrected chi connectivity index (χ3v) is 2.39. The van der Waals surface area contributed by atoms with Crippen LogP contribution in [0.1, 0.15) is 26.3 Å². The molecule has 1 aromatic rings. The van der Waals surface area contributed by atoms with Crippen LogP contribution in [-0.2, 0) is 0 Å². The number of allylic oxidation sites excluding steroid dienone is 1. The van der Waals surface area contributed by atoms with E-state index in [-0.39, 0.29) is 0 Å². The van der Waals surface area contributed by atoms with Crippen molar-refractivity contribution < 1.29 is 0 Å². The van der Waals surface area contributed by atoms with Crippen LogP contribution >= 0.6 is 0 Å². The van der Waals surface area contributed by atoms with Crippen LogP contribution in [0.4, 0.5) is 5.69 Å². The summed E-state index contributed by atoms with van der Waals surface area (Å²) in [4.78, 5) is 2.37. The molecule has 1 aromatic carbocycles. The topological polar surface area (TPSA) is 3.24 Å². The summed E-state index contributed by atoms with van der Waals surface area (Å²) >= 11 is 0. The third kappa shape index (κ3) is 2.38. The standard InChI is InChI=1S/C13H19N/c1-4-9-12-10-7-8-11-13(12)14(5-2)6-3/h4,7-11H,5-6H2,1-3H3. The SMILES string of the molecule is CC=Cc1ccccc1N(CC)CC. The fourth-order valence-corrected chi connectivity index (χ4v) is 1.66. The van der Waals surface area contributed by atoms with E-state index in [0.29, 0.717) is 0 Å². The van der Waals surface area contributed by atoms with E-state index in [4.69, 9.17) is 0 Å². The maximum atomic E-state index is 2.37. The van der Waals surface area contributed by atoms with E-state index in [9.17, 15) is 0 Å². The first-order valence-electron chi connectivity index (χ1n) is 5.30. The van der Waals surface area contributed by atoms with Gasteiger partial charge in [0.1, 0.15) is 0 Å². The summed E-state index contributed by atoms with van der Waals surface area (Å²) in [5.74, 6) is 0. The number of para-hydroxylation sites is 1. The van der Waals surface area contributed by atoms with E-state index in [0.717, 1.165) is 13.1 Å². The predicted molar refractivity (Wildman–Crippen MR) is 64.7 cm³/mol.